The third-order valence-corrected chi connectivity index (χ3v) is 5.09. The molecule has 0 aromatic heterocycles. The van der Waals surface area contributed by atoms with Gasteiger partial charge >= 0.3 is 5.97 Å². The molecule has 29 heavy (non-hydrogen) atoms. The predicted molar refractivity (Wildman–Crippen MR) is 116 cm³/mol. The average molecular weight is 425 g/mol. The summed E-state index contributed by atoms with van der Waals surface area (Å²) >= 11 is 1.58. The van der Waals surface area contributed by atoms with Crippen LogP contribution in [-0.2, 0) is 20.8 Å². The Morgan fingerprint density at radius 1 is 1.03 bits per heavy atom. The summed E-state index contributed by atoms with van der Waals surface area (Å²) in [6.07, 6.45) is 4.26. The molecule has 0 aliphatic carbocycles. The van der Waals surface area contributed by atoms with Gasteiger partial charge in [-0.3, -0.25) is 9.59 Å². The van der Waals surface area contributed by atoms with Crippen LogP contribution in [-0.4, -0.2) is 59.6 Å². The summed E-state index contributed by atoms with van der Waals surface area (Å²) < 4.78 is 0. The van der Waals surface area contributed by atoms with E-state index in [0.29, 0.717) is 32.2 Å². The van der Waals surface area contributed by atoms with Crippen molar-refractivity contribution in [1.29, 1.82) is 0 Å². The Morgan fingerprint density at radius 2 is 1.69 bits per heavy atom. The molecule has 3 unspecified atom stereocenters. The lowest BCUT2D eigenvalue weighted by Gasteiger charge is -2.23. The number of hydrogen-bond acceptors (Lipinski definition) is 6. The zero-order valence-electron chi connectivity index (χ0n) is 16.8. The summed E-state index contributed by atoms with van der Waals surface area (Å²) in [7, 11) is 0. The van der Waals surface area contributed by atoms with Crippen molar-refractivity contribution in [1.82, 2.24) is 10.6 Å². The number of thioether (sulfide) groups is 1. The van der Waals surface area contributed by atoms with Crippen molar-refractivity contribution in [2.75, 3.05) is 18.6 Å². The van der Waals surface area contributed by atoms with Gasteiger partial charge in [-0.15, -0.1) is 0 Å². The third kappa shape index (κ3) is 9.78. The predicted octanol–water partition coefficient (Wildman–Crippen LogP) is 0.493. The minimum absolute atomic E-state index is 0.151. The molecule has 1 aromatic carbocycles. The van der Waals surface area contributed by atoms with E-state index in [2.05, 4.69) is 10.6 Å². The molecule has 0 heterocycles. The standard InChI is InChI=1S/C20H32N4O4S/c1-29-12-10-15(22)18(25)23-16(9-5-6-11-21)19(26)24-17(20(27)28)13-14-7-3-2-4-8-14/h2-4,7-8,15-17H,5-6,9-13,21-22H2,1H3,(H,23,25)(H,24,26)(H,27,28). The summed E-state index contributed by atoms with van der Waals surface area (Å²) in [6.45, 7) is 0.473. The molecule has 1 rings (SSSR count). The summed E-state index contributed by atoms with van der Waals surface area (Å²) in [4.78, 5) is 36.7. The van der Waals surface area contributed by atoms with E-state index in [1.165, 1.54) is 0 Å². The molecule has 0 saturated heterocycles. The summed E-state index contributed by atoms with van der Waals surface area (Å²) in [5.41, 5.74) is 12.2. The molecular formula is C20H32N4O4S. The number of unbranched alkanes of at least 4 members (excludes halogenated alkanes) is 1. The van der Waals surface area contributed by atoms with Gasteiger partial charge < -0.3 is 27.2 Å². The van der Waals surface area contributed by atoms with Gasteiger partial charge in [0.1, 0.15) is 12.1 Å². The Morgan fingerprint density at radius 3 is 2.28 bits per heavy atom. The highest BCUT2D eigenvalue weighted by Gasteiger charge is 2.27. The van der Waals surface area contributed by atoms with Crippen LogP contribution in [0.3, 0.4) is 0 Å². The van der Waals surface area contributed by atoms with E-state index >= 15 is 0 Å². The number of carboxylic acid groups (broad SMARTS) is 1. The van der Waals surface area contributed by atoms with Gasteiger partial charge in [0.15, 0.2) is 0 Å². The summed E-state index contributed by atoms with van der Waals surface area (Å²) in [5.74, 6) is -1.35. The Bertz CT molecular complexity index is 645. The molecule has 3 atom stereocenters. The van der Waals surface area contributed by atoms with Crippen LogP contribution in [0.4, 0.5) is 0 Å². The maximum absolute atomic E-state index is 12.7. The van der Waals surface area contributed by atoms with E-state index in [1.807, 2.05) is 24.5 Å². The highest BCUT2D eigenvalue weighted by atomic mass is 32.2. The Hall–Kier alpha value is -2.10. The maximum Gasteiger partial charge on any atom is 0.326 e. The molecule has 0 spiro atoms. The van der Waals surface area contributed by atoms with Gasteiger partial charge in [-0.25, -0.2) is 4.79 Å². The molecule has 8 nitrogen and oxygen atoms in total. The van der Waals surface area contributed by atoms with Crippen LogP contribution in [0.15, 0.2) is 30.3 Å². The van der Waals surface area contributed by atoms with Crippen molar-refractivity contribution in [3.63, 3.8) is 0 Å². The van der Waals surface area contributed by atoms with E-state index < -0.39 is 35.9 Å². The van der Waals surface area contributed by atoms with Crippen LogP contribution in [0.25, 0.3) is 0 Å². The number of aliphatic carboxylic acids is 1. The molecule has 162 valence electrons. The third-order valence-electron chi connectivity index (χ3n) is 4.45. The van der Waals surface area contributed by atoms with Crippen molar-refractivity contribution < 1.29 is 19.5 Å². The second-order valence-corrected chi connectivity index (χ2v) is 7.81. The first kappa shape index (κ1) is 24.9. The fourth-order valence-electron chi connectivity index (χ4n) is 2.74. The Balaban J connectivity index is 2.79. The van der Waals surface area contributed by atoms with Gasteiger partial charge in [-0.1, -0.05) is 30.3 Å². The van der Waals surface area contributed by atoms with Crippen molar-refractivity contribution in [3.8, 4) is 0 Å². The number of rotatable bonds is 14. The molecule has 0 radical (unpaired) electrons. The second kappa shape index (κ2) is 14.0. The SMILES string of the molecule is CSCCC(N)C(=O)NC(CCCCN)C(=O)NC(Cc1ccccc1)C(=O)O. The highest BCUT2D eigenvalue weighted by Crippen LogP contribution is 2.07. The monoisotopic (exact) mass is 424 g/mol. The number of benzene rings is 1. The van der Waals surface area contributed by atoms with Crippen LogP contribution in [0.2, 0.25) is 0 Å². The van der Waals surface area contributed by atoms with E-state index in [1.54, 1.807) is 23.9 Å². The largest absolute Gasteiger partial charge is 0.480 e. The highest BCUT2D eigenvalue weighted by molar-refractivity contribution is 7.98. The van der Waals surface area contributed by atoms with Crippen LogP contribution in [0.5, 0.6) is 0 Å². The lowest BCUT2D eigenvalue weighted by atomic mass is 10.0. The molecule has 9 heteroatoms. The van der Waals surface area contributed by atoms with E-state index in [4.69, 9.17) is 11.5 Å². The smallest absolute Gasteiger partial charge is 0.326 e. The number of carbonyl (C=O) groups excluding carboxylic acids is 2. The fourth-order valence-corrected chi connectivity index (χ4v) is 3.23. The molecule has 0 saturated carbocycles. The van der Waals surface area contributed by atoms with E-state index in [9.17, 15) is 19.5 Å². The van der Waals surface area contributed by atoms with E-state index in [0.717, 1.165) is 11.3 Å². The number of amides is 2. The van der Waals surface area contributed by atoms with Gasteiger partial charge in [0.05, 0.1) is 6.04 Å². The van der Waals surface area contributed by atoms with Gasteiger partial charge in [-0.05, 0) is 49.8 Å². The zero-order valence-corrected chi connectivity index (χ0v) is 17.6. The van der Waals surface area contributed by atoms with Gasteiger partial charge in [0.25, 0.3) is 0 Å². The number of nitrogens with one attached hydrogen (secondary N) is 2. The molecule has 0 fully saturated rings. The molecule has 2 amide bonds. The van der Waals surface area contributed by atoms with Gasteiger partial charge in [0, 0.05) is 6.42 Å². The van der Waals surface area contributed by atoms with Crippen LogP contribution < -0.4 is 22.1 Å². The first-order valence-corrected chi connectivity index (χ1v) is 11.1. The molecule has 0 aliphatic rings. The van der Waals surface area contributed by atoms with Crippen LogP contribution in [0, 0.1) is 0 Å². The van der Waals surface area contributed by atoms with Crippen LogP contribution >= 0.6 is 11.8 Å². The molecule has 0 aliphatic heterocycles. The maximum atomic E-state index is 12.7. The number of hydrogen-bond donors (Lipinski definition) is 5. The van der Waals surface area contributed by atoms with Gasteiger partial charge in [0.2, 0.25) is 11.8 Å². The number of nitrogens with two attached hydrogens (primary N) is 2. The van der Waals surface area contributed by atoms with Crippen molar-refractivity contribution >= 4 is 29.5 Å². The lowest BCUT2D eigenvalue weighted by molar-refractivity contribution is -0.142. The van der Waals surface area contributed by atoms with Crippen molar-refractivity contribution in [3.05, 3.63) is 35.9 Å². The number of carboxylic acids is 1. The minimum atomic E-state index is -1.13. The Labute approximate surface area is 176 Å². The van der Waals surface area contributed by atoms with Gasteiger partial charge in [-0.2, -0.15) is 11.8 Å². The van der Waals surface area contributed by atoms with Crippen molar-refractivity contribution in [2.24, 2.45) is 11.5 Å². The summed E-state index contributed by atoms with van der Waals surface area (Å²) in [6, 6.07) is 6.38. The Kier molecular flexibility index (Phi) is 12.0. The molecule has 7 N–H and O–H groups in total. The minimum Gasteiger partial charge on any atom is -0.480 e. The fraction of sp³-hybridized carbons (Fsp3) is 0.550. The number of carbonyl (C=O) groups is 3. The van der Waals surface area contributed by atoms with Crippen LogP contribution in [0.1, 0.15) is 31.2 Å². The average Bonchev–Trinajstić information content (AvgIpc) is 2.71. The van der Waals surface area contributed by atoms with Crippen molar-refractivity contribution in [2.45, 2.75) is 50.2 Å². The quantitative estimate of drug-likeness (QED) is 0.273. The normalized spacial score (nSPS) is 13.9. The van der Waals surface area contributed by atoms with E-state index in [-0.39, 0.29) is 6.42 Å². The zero-order chi connectivity index (χ0) is 21.6. The molecule has 0 bridgehead atoms. The summed E-state index contributed by atoms with van der Waals surface area (Å²) in [5, 5.41) is 14.7. The topological polar surface area (TPSA) is 148 Å². The molecule has 1 aromatic rings. The second-order valence-electron chi connectivity index (χ2n) is 6.82. The lowest BCUT2D eigenvalue weighted by Crippen LogP contribution is -2.54. The first-order chi connectivity index (χ1) is 13.9. The molecular weight excluding hydrogens is 392 g/mol. The first-order valence-electron chi connectivity index (χ1n) is 9.71.